The fourth-order valence-electron chi connectivity index (χ4n) is 1.71. The molecule has 2 N–H and O–H groups in total. The van der Waals surface area contributed by atoms with Gasteiger partial charge in [0.25, 0.3) is 0 Å². The summed E-state index contributed by atoms with van der Waals surface area (Å²) in [6.45, 7) is 1.84. The van der Waals surface area contributed by atoms with Crippen LogP contribution in [0.1, 0.15) is 12.5 Å². The standard InChI is InChI=1S/C14H15N5O3/c1-10(20)7-15-13-12(19(21)22)9-17-14(18-13)16-8-11-5-3-2-4-6-11/h2-6,9H,7-8H2,1H3,(H2,15,16,17,18). The van der Waals surface area contributed by atoms with Crippen molar-refractivity contribution in [3.8, 4) is 0 Å². The Labute approximate surface area is 126 Å². The van der Waals surface area contributed by atoms with Crippen LogP contribution in [0.4, 0.5) is 17.5 Å². The predicted molar refractivity (Wildman–Crippen MR) is 81.6 cm³/mol. The Balaban J connectivity index is 2.13. The number of anilines is 2. The Kier molecular flexibility index (Phi) is 4.97. The molecule has 0 aliphatic heterocycles. The Morgan fingerprint density at radius 3 is 2.64 bits per heavy atom. The van der Waals surface area contributed by atoms with Gasteiger partial charge in [-0.1, -0.05) is 30.3 Å². The molecule has 0 aliphatic carbocycles. The molecule has 2 aromatic rings. The van der Waals surface area contributed by atoms with E-state index in [0.29, 0.717) is 6.54 Å². The minimum absolute atomic E-state index is 0.0192. The molecular formula is C14H15N5O3. The highest BCUT2D eigenvalue weighted by atomic mass is 16.6. The highest BCUT2D eigenvalue weighted by molar-refractivity contribution is 5.80. The number of nitro groups is 1. The zero-order chi connectivity index (χ0) is 15.9. The number of Topliss-reactive ketones (excluding diaryl/α,β-unsaturated/α-hetero) is 1. The normalized spacial score (nSPS) is 10.0. The second kappa shape index (κ2) is 7.11. The van der Waals surface area contributed by atoms with Gasteiger partial charge in [0.15, 0.2) is 0 Å². The first-order valence-corrected chi connectivity index (χ1v) is 6.59. The second-order valence-corrected chi connectivity index (χ2v) is 4.58. The molecular weight excluding hydrogens is 286 g/mol. The van der Waals surface area contributed by atoms with Crippen molar-refractivity contribution in [3.05, 3.63) is 52.2 Å². The summed E-state index contributed by atoms with van der Waals surface area (Å²) in [6.07, 6.45) is 1.11. The highest BCUT2D eigenvalue weighted by Crippen LogP contribution is 2.21. The molecule has 0 atom stereocenters. The molecule has 0 bridgehead atoms. The molecule has 0 aliphatic rings. The van der Waals surface area contributed by atoms with Gasteiger partial charge in [-0.05, 0) is 12.5 Å². The first-order chi connectivity index (χ1) is 10.6. The number of hydrogen-bond donors (Lipinski definition) is 2. The van der Waals surface area contributed by atoms with Gasteiger partial charge in [-0.2, -0.15) is 4.98 Å². The average molecular weight is 301 g/mol. The van der Waals surface area contributed by atoms with Crippen LogP contribution in [0, 0.1) is 10.1 Å². The third-order valence-electron chi connectivity index (χ3n) is 2.76. The van der Waals surface area contributed by atoms with Crippen molar-refractivity contribution < 1.29 is 9.72 Å². The van der Waals surface area contributed by atoms with Gasteiger partial charge < -0.3 is 10.6 Å². The highest BCUT2D eigenvalue weighted by Gasteiger charge is 2.17. The molecule has 0 amide bonds. The zero-order valence-corrected chi connectivity index (χ0v) is 11.9. The fourth-order valence-corrected chi connectivity index (χ4v) is 1.71. The predicted octanol–water partition coefficient (Wildman–Crippen LogP) is 2.00. The zero-order valence-electron chi connectivity index (χ0n) is 11.9. The van der Waals surface area contributed by atoms with Gasteiger partial charge in [0.05, 0.1) is 11.5 Å². The molecule has 0 saturated heterocycles. The summed E-state index contributed by atoms with van der Waals surface area (Å²) < 4.78 is 0. The number of carbonyl (C=O) groups excluding carboxylic acids is 1. The summed E-state index contributed by atoms with van der Waals surface area (Å²) in [5, 5.41) is 16.6. The lowest BCUT2D eigenvalue weighted by Crippen LogP contribution is -2.14. The number of nitrogens with zero attached hydrogens (tertiary/aromatic N) is 3. The molecule has 8 heteroatoms. The van der Waals surface area contributed by atoms with E-state index in [-0.39, 0.29) is 29.8 Å². The number of ketones is 1. The van der Waals surface area contributed by atoms with E-state index in [1.807, 2.05) is 30.3 Å². The van der Waals surface area contributed by atoms with Crippen LogP contribution in [0.25, 0.3) is 0 Å². The van der Waals surface area contributed by atoms with Crippen molar-refractivity contribution >= 4 is 23.2 Å². The number of carbonyl (C=O) groups is 1. The monoisotopic (exact) mass is 301 g/mol. The van der Waals surface area contributed by atoms with Crippen LogP contribution in [0.15, 0.2) is 36.5 Å². The van der Waals surface area contributed by atoms with Crippen LogP contribution in [0.2, 0.25) is 0 Å². The maximum absolute atomic E-state index is 11.0. The average Bonchev–Trinajstić information content (AvgIpc) is 2.51. The van der Waals surface area contributed by atoms with E-state index in [1.165, 1.54) is 6.92 Å². The van der Waals surface area contributed by atoms with Gasteiger partial charge in [-0.3, -0.25) is 14.9 Å². The summed E-state index contributed by atoms with van der Waals surface area (Å²) in [4.78, 5) is 29.3. The quantitative estimate of drug-likeness (QED) is 0.594. The topological polar surface area (TPSA) is 110 Å². The van der Waals surface area contributed by atoms with Crippen LogP contribution >= 0.6 is 0 Å². The van der Waals surface area contributed by atoms with Gasteiger partial charge in [0, 0.05) is 6.54 Å². The summed E-state index contributed by atoms with van der Waals surface area (Å²) in [5.74, 6) is 0.123. The van der Waals surface area contributed by atoms with Crippen molar-refractivity contribution in [2.45, 2.75) is 13.5 Å². The SMILES string of the molecule is CC(=O)CNc1nc(NCc2ccccc2)ncc1[N+](=O)[O-]. The molecule has 22 heavy (non-hydrogen) atoms. The van der Waals surface area contributed by atoms with E-state index >= 15 is 0 Å². The molecule has 0 fully saturated rings. The van der Waals surface area contributed by atoms with Gasteiger partial charge >= 0.3 is 5.69 Å². The molecule has 2 rings (SSSR count). The van der Waals surface area contributed by atoms with E-state index in [2.05, 4.69) is 20.6 Å². The fraction of sp³-hybridized carbons (Fsp3) is 0.214. The van der Waals surface area contributed by atoms with Crippen LogP contribution in [-0.2, 0) is 11.3 Å². The van der Waals surface area contributed by atoms with Crippen molar-refractivity contribution in [1.82, 2.24) is 9.97 Å². The van der Waals surface area contributed by atoms with Gasteiger partial charge in [-0.25, -0.2) is 4.98 Å². The Hall–Kier alpha value is -3.03. The molecule has 1 aromatic carbocycles. The van der Waals surface area contributed by atoms with Crippen molar-refractivity contribution in [2.24, 2.45) is 0 Å². The Bertz CT molecular complexity index is 675. The van der Waals surface area contributed by atoms with Crippen LogP contribution in [-0.4, -0.2) is 27.2 Å². The first kappa shape index (κ1) is 15.4. The van der Waals surface area contributed by atoms with Crippen molar-refractivity contribution in [3.63, 3.8) is 0 Å². The minimum atomic E-state index is -0.594. The smallest absolute Gasteiger partial charge is 0.329 e. The van der Waals surface area contributed by atoms with E-state index < -0.39 is 4.92 Å². The molecule has 114 valence electrons. The van der Waals surface area contributed by atoms with E-state index in [9.17, 15) is 14.9 Å². The van der Waals surface area contributed by atoms with Crippen molar-refractivity contribution in [1.29, 1.82) is 0 Å². The van der Waals surface area contributed by atoms with E-state index in [4.69, 9.17) is 0 Å². The lowest BCUT2D eigenvalue weighted by molar-refractivity contribution is -0.384. The van der Waals surface area contributed by atoms with Crippen LogP contribution in [0.5, 0.6) is 0 Å². The van der Waals surface area contributed by atoms with Gasteiger partial charge in [0.2, 0.25) is 11.8 Å². The summed E-state index contributed by atoms with van der Waals surface area (Å²) >= 11 is 0. The van der Waals surface area contributed by atoms with Crippen LogP contribution < -0.4 is 10.6 Å². The number of aromatic nitrogens is 2. The van der Waals surface area contributed by atoms with E-state index in [1.54, 1.807) is 0 Å². The van der Waals surface area contributed by atoms with E-state index in [0.717, 1.165) is 11.8 Å². The first-order valence-electron chi connectivity index (χ1n) is 6.59. The maximum Gasteiger partial charge on any atom is 0.329 e. The lowest BCUT2D eigenvalue weighted by Gasteiger charge is -2.08. The van der Waals surface area contributed by atoms with Gasteiger partial charge in [-0.15, -0.1) is 0 Å². The minimum Gasteiger partial charge on any atom is -0.357 e. The van der Waals surface area contributed by atoms with Gasteiger partial charge in [0.1, 0.15) is 12.0 Å². The number of benzene rings is 1. The molecule has 0 unspecified atom stereocenters. The summed E-state index contributed by atoms with van der Waals surface area (Å²) in [7, 11) is 0. The maximum atomic E-state index is 11.0. The molecule has 0 radical (unpaired) electrons. The number of rotatable bonds is 7. The third-order valence-corrected chi connectivity index (χ3v) is 2.76. The molecule has 0 saturated carbocycles. The summed E-state index contributed by atoms with van der Waals surface area (Å²) in [6, 6.07) is 9.61. The third kappa shape index (κ3) is 4.23. The largest absolute Gasteiger partial charge is 0.357 e. The number of nitrogens with one attached hydrogen (secondary N) is 2. The molecule has 8 nitrogen and oxygen atoms in total. The Morgan fingerprint density at radius 2 is 2.00 bits per heavy atom. The second-order valence-electron chi connectivity index (χ2n) is 4.58. The molecule has 1 aromatic heterocycles. The number of hydrogen-bond acceptors (Lipinski definition) is 7. The molecule has 1 heterocycles. The lowest BCUT2D eigenvalue weighted by atomic mass is 10.2. The molecule has 0 spiro atoms. The summed E-state index contributed by atoms with van der Waals surface area (Å²) in [5.41, 5.74) is 0.759. The van der Waals surface area contributed by atoms with Crippen molar-refractivity contribution in [2.75, 3.05) is 17.2 Å². The Morgan fingerprint density at radius 1 is 1.27 bits per heavy atom. The van der Waals surface area contributed by atoms with Crippen LogP contribution in [0.3, 0.4) is 0 Å².